The van der Waals surface area contributed by atoms with Crippen LogP contribution in [0.25, 0.3) is 0 Å². The van der Waals surface area contributed by atoms with Crippen molar-refractivity contribution < 1.29 is 0 Å². The number of hydrogen-bond donors (Lipinski definition) is 0. The predicted molar refractivity (Wildman–Crippen MR) is 64.3 cm³/mol. The van der Waals surface area contributed by atoms with E-state index in [1.807, 2.05) is 0 Å². The molecule has 0 heteroatoms. The second-order valence-electron chi connectivity index (χ2n) is 5.97. The minimum Gasteiger partial charge on any atom is -0.0648 e. The van der Waals surface area contributed by atoms with Crippen LogP contribution < -0.4 is 0 Å². The first-order valence-electron chi connectivity index (χ1n) is 6.44. The summed E-state index contributed by atoms with van der Waals surface area (Å²) in [6, 6.07) is 0. The first-order valence-corrected chi connectivity index (χ1v) is 6.44. The van der Waals surface area contributed by atoms with Crippen LogP contribution in [0.2, 0.25) is 0 Å². The van der Waals surface area contributed by atoms with Crippen LogP contribution >= 0.6 is 0 Å². The molecule has 84 valence electrons. The maximum absolute atomic E-state index is 2.49. The van der Waals surface area contributed by atoms with Crippen molar-refractivity contribution in [2.45, 2.75) is 60.8 Å². The molecule has 1 fully saturated rings. The fourth-order valence-corrected chi connectivity index (χ4v) is 2.91. The Bertz CT molecular complexity index is 176. The lowest BCUT2D eigenvalue weighted by atomic mass is 9.71. The summed E-state index contributed by atoms with van der Waals surface area (Å²) in [4.78, 5) is 0. The SMILES string of the molecule is CCC1(C(C)C(C)C(C)C(C)C)CC1. The minimum atomic E-state index is 0.739. The molecule has 1 saturated carbocycles. The van der Waals surface area contributed by atoms with Gasteiger partial charge in [-0.1, -0.05) is 48.0 Å². The highest BCUT2D eigenvalue weighted by atomic mass is 14.5. The van der Waals surface area contributed by atoms with Gasteiger partial charge in [0.1, 0.15) is 0 Å². The summed E-state index contributed by atoms with van der Waals surface area (Å²) in [5.41, 5.74) is 0.739. The van der Waals surface area contributed by atoms with Gasteiger partial charge in [-0.2, -0.15) is 0 Å². The molecule has 0 radical (unpaired) electrons. The summed E-state index contributed by atoms with van der Waals surface area (Å²) in [5.74, 6) is 3.51. The smallest absolute Gasteiger partial charge is 0.0271 e. The van der Waals surface area contributed by atoms with E-state index in [-0.39, 0.29) is 0 Å². The van der Waals surface area contributed by atoms with Crippen molar-refractivity contribution in [3.63, 3.8) is 0 Å². The van der Waals surface area contributed by atoms with Gasteiger partial charge >= 0.3 is 0 Å². The quantitative estimate of drug-likeness (QED) is 0.595. The zero-order chi connectivity index (χ0) is 10.9. The molecule has 0 bridgehead atoms. The number of rotatable bonds is 5. The van der Waals surface area contributed by atoms with Crippen molar-refractivity contribution in [3.8, 4) is 0 Å². The van der Waals surface area contributed by atoms with Crippen LogP contribution in [-0.4, -0.2) is 0 Å². The zero-order valence-electron chi connectivity index (χ0n) is 10.9. The molecule has 0 aromatic rings. The van der Waals surface area contributed by atoms with Crippen molar-refractivity contribution in [1.82, 2.24) is 0 Å². The van der Waals surface area contributed by atoms with Gasteiger partial charge in [0.15, 0.2) is 0 Å². The van der Waals surface area contributed by atoms with Crippen molar-refractivity contribution in [2.75, 3.05) is 0 Å². The Kier molecular flexibility index (Phi) is 3.66. The molecule has 3 unspecified atom stereocenters. The Morgan fingerprint density at radius 2 is 1.43 bits per heavy atom. The normalized spacial score (nSPS) is 25.9. The summed E-state index contributed by atoms with van der Waals surface area (Å²) < 4.78 is 0. The highest BCUT2D eigenvalue weighted by Crippen LogP contribution is 2.57. The van der Waals surface area contributed by atoms with Crippen molar-refractivity contribution >= 4 is 0 Å². The molecule has 1 aliphatic rings. The third-order valence-corrected chi connectivity index (χ3v) is 5.23. The highest BCUT2D eigenvalue weighted by Gasteiger charge is 2.47. The van der Waals surface area contributed by atoms with E-state index in [1.54, 1.807) is 0 Å². The van der Waals surface area contributed by atoms with E-state index in [2.05, 4.69) is 41.5 Å². The fourth-order valence-electron chi connectivity index (χ4n) is 2.91. The first kappa shape index (κ1) is 12.1. The van der Waals surface area contributed by atoms with Gasteiger partial charge in [-0.15, -0.1) is 0 Å². The van der Waals surface area contributed by atoms with Crippen molar-refractivity contribution in [1.29, 1.82) is 0 Å². The topological polar surface area (TPSA) is 0 Å². The Morgan fingerprint density at radius 1 is 0.929 bits per heavy atom. The van der Waals surface area contributed by atoms with E-state index in [0.717, 1.165) is 29.1 Å². The van der Waals surface area contributed by atoms with E-state index >= 15 is 0 Å². The zero-order valence-corrected chi connectivity index (χ0v) is 10.9. The molecule has 0 aromatic heterocycles. The summed E-state index contributed by atoms with van der Waals surface area (Å²) in [6.45, 7) is 14.5. The largest absolute Gasteiger partial charge is 0.0648 e. The van der Waals surface area contributed by atoms with Crippen LogP contribution in [0.1, 0.15) is 60.8 Å². The molecule has 1 rings (SSSR count). The standard InChI is InChI=1S/C14H28/c1-7-14(8-9-14)13(6)12(5)11(4)10(2)3/h10-13H,7-9H2,1-6H3. The molecule has 1 aliphatic carbocycles. The van der Waals surface area contributed by atoms with Gasteiger partial charge in [0.25, 0.3) is 0 Å². The Labute approximate surface area is 90.5 Å². The van der Waals surface area contributed by atoms with Gasteiger partial charge in [-0.25, -0.2) is 0 Å². The van der Waals surface area contributed by atoms with Crippen LogP contribution in [0, 0.1) is 29.1 Å². The van der Waals surface area contributed by atoms with Gasteiger partial charge < -0.3 is 0 Å². The van der Waals surface area contributed by atoms with E-state index < -0.39 is 0 Å². The molecule has 0 aromatic carbocycles. The van der Waals surface area contributed by atoms with Crippen LogP contribution in [0.3, 0.4) is 0 Å². The molecule has 0 spiro atoms. The van der Waals surface area contributed by atoms with Crippen molar-refractivity contribution in [2.24, 2.45) is 29.1 Å². The fraction of sp³-hybridized carbons (Fsp3) is 1.00. The van der Waals surface area contributed by atoms with Crippen LogP contribution in [-0.2, 0) is 0 Å². The van der Waals surface area contributed by atoms with Gasteiger partial charge in [-0.05, 0) is 41.9 Å². The third-order valence-electron chi connectivity index (χ3n) is 5.23. The molecule has 0 nitrogen and oxygen atoms in total. The summed E-state index contributed by atoms with van der Waals surface area (Å²) >= 11 is 0. The molecular formula is C14H28. The lowest BCUT2D eigenvalue weighted by molar-refractivity contribution is 0.151. The summed E-state index contributed by atoms with van der Waals surface area (Å²) in [6.07, 6.45) is 4.36. The van der Waals surface area contributed by atoms with E-state index in [1.165, 1.54) is 19.3 Å². The maximum Gasteiger partial charge on any atom is -0.0271 e. The average molecular weight is 196 g/mol. The Morgan fingerprint density at radius 3 is 1.71 bits per heavy atom. The first-order chi connectivity index (χ1) is 6.44. The van der Waals surface area contributed by atoms with Gasteiger partial charge in [0.2, 0.25) is 0 Å². The molecule has 0 saturated heterocycles. The van der Waals surface area contributed by atoms with E-state index in [9.17, 15) is 0 Å². The molecular weight excluding hydrogens is 168 g/mol. The second kappa shape index (κ2) is 4.24. The monoisotopic (exact) mass is 196 g/mol. The molecule has 0 aliphatic heterocycles. The predicted octanol–water partition coefficient (Wildman–Crippen LogP) is 4.74. The summed E-state index contributed by atoms with van der Waals surface area (Å²) in [7, 11) is 0. The van der Waals surface area contributed by atoms with Gasteiger partial charge in [-0.3, -0.25) is 0 Å². The van der Waals surface area contributed by atoms with Crippen LogP contribution in [0.4, 0.5) is 0 Å². The maximum atomic E-state index is 2.49. The molecule has 14 heavy (non-hydrogen) atoms. The number of hydrogen-bond acceptors (Lipinski definition) is 0. The van der Waals surface area contributed by atoms with Crippen molar-refractivity contribution in [3.05, 3.63) is 0 Å². The summed E-state index contributed by atoms with van der Waals surface area (Å²) in [5, 5.41) is 0. The van der Waals surface area contributed by atoms with Gasteiger partial charge in [0, 0.05) is 0 Å². The second-order valence-corrected chi connectivity index (χ2v) is 5.97. The van der Waals surface area contributed by atoms with E-state index in [4.69, 9.17) is 0 Å². The van der Waals surface area contributed by atoms with Crippen LogP contribution in [0.15, 0.2) is 0 Å². The van der Waals surface area contributed by atoms with E-state index in [0.29, 0.717) is 0 Å². The third kappa shape index (κ3) is 2.15. The molecule has 3 atom stereocenters. The molecule has 0 N–H and O–H groups in total. The lowest BCUT2D eigenvalue weighted by Gasteiger charge is -2.34. The Hall–Kier alpha value is 0. The molecule has 0 heterocycles. The lowest BCUT2D eigenvalue weighted by Crippen LogP contribution is -2.27. The average Bonchev–Trinajstić information content (AvgIpc) is 2.94. The Balaban J connectivity index is 2.56. The van der Waals surface area contributed by atoms with Crippen LogP contribution in [0.5, 0.6) is 0 Å². The molecule has 0 amide bonds. The van der Waals surface area contributed by atoms with Gasteiger partial charge in [0.05, 0.1) is 0 Å². The highest BCUT2D eigenvalue weighted by molar-refractivity contribution is 4.97. The minimum absolute atomic E-state index is 0.739.